The van der Waals surface area contributed by atoms with Crippen molar-refractivity contribution in [2.24, 2.45) is 0 Å². The molecule has 1 unspecified atom stereocenters. The molecule has 118 valence electrons. The van der Waals surface area contributed by atoms with Crippen LogP contribution in [-0.4, -0.2) is 29.8 Å². The van der Waals surface area contributed by atoms with Crippen molar-refractivity contribution in [2.45, 2.75) is 19.6 Å². The number of benzene rings is 1. The van der Waals surface area contributed by atoms with Gasteiger partial charge in [-0.05, 0) is 13.0 Å². The number of aryl methyl sites for hydroxylation is 1. The largest absolute Gasteiger partial charge is 0.496 e. The first-order chi connectivity index (χ1) is 10.6. The Morgan fingerprint density at radius 3 is 2.86 bits per heavy atom. The summed E-state index contributed by atoms with van der Waals surface area (Å²) < 4.78 is 5.19. The van der Waals surface area contributed by atoms with E-state index in [9.17, 15) is 9.90 Å². The average Bonchev–Trinajstić information content (AvgIpc) is 2.96. The molecule has 1 aromatic carbocycles. The number of hydrogen-bond acceptors (Lipinski definition) is 5. The molecule has 0 saturated heterocycles. The molecule has 1 aromatic heterocycles. The quantitative estimate of drug-likeness (QED) is 0.760. The lowest BCUT2D eigenvalue weighted by Gasteiger charge is -2.15. The van der Waals surface area contributed by atoms with Crippen molar-refractivity contribution in [3.63, 3.8) is 0 Å². The summed E-state index contributed by atoms with van der Waals surface area (Å²) in [5.74, 6) is 0.593. The number of aliphatic hydroxyl groups excluding tert-OH is 1. The molecular formula is C15H19N3O3S. The predicted octanol–water partition coefficient (Wildman–Crippen LogP) is 1.99. The van der Waals surface area contributed by atoms with Gasteiger partial charge in [-0.3, -0.25) is 0 Å². The Kier molecular flexibility index (Phi) is 5.74. The van der Waals surface area contributed by atoms with Gasteiger partial charge in [0, 0.05) is 23.2 Å². The summed E-state index contributed by atoms with van der Waals surface area (Å²) in [5.41, 5.74) is 1.58. The first-order valence-corrected chi connectivity index (χ1v) is 7.71. The van der Waals surface area contributed by atoms with Crippen molar-refractivity contribution in [1.29, 1.82) is 0 Å². The number of aliphatic hydroxyl groups is 1. The van der Waals surface area contributed by atoms with Crippen LogP contribution in [0.5, 0.6) is 5.75 Å². The minimum absolute atomic E-state index is 0.100. The molecule has 0 aliphatic heterocycles. The van der Waals surface area contributed by atoms with E-state index >= 15 is 0 Å². The average molecular weight is 321 g/mol. The third-order valence-electron chi connectivity index (χ3n) is 3.02. The predicted molar refractivity (Wildman–Crippen MR) is 85.0 cm³/mol. The van der Waals surface area contributed by atoms with Gasteiger partial charge < -0.3 is 20.5 Å². The van der Waals surface area contributed by atoms with E-state index in [-0.39, 0.29) is 12.6 Å². The maximum Gasteiger partial charge on any atom is 0.315 e. The van der Waals surface area contributed by atoms with Gasteiger partial charge in [0.2, 0.25) is 0 Å². The first-order valence-electron chi connectivity index (χ1n) is 6.84. The van der Waals surface area contributed by atoms with Gasteiger partial charge in [-0.15, -0.1) is 11.3 Å². The van der Waals surface area contributed by atoms with Gasteiger partial charge in [0.05, 0.1) is 19.8 Å². The number of thiazole rings is 1. The third kappa shape index (κ3) is 4.44. The molecule has 3 N–H and O–H groups in total. The molecular weight excluding hydrogens is 302 g/mol. The van der Waals surface area contributed by atoms with Crippen molar-refractivity contribution in [3.8, 4) is 5.75 Å². The maximum absolute atomic E-state index is 11.7. The van der Waals surface area contributed by atoms with E-state index in [1.165, 1.54) is 11.3 Å². The molecule has 0 bridgehead atoms. The lowest BCUT2D eigenvalue weighted by Crippen LogP contribution is -2.37. The number of carbonyl (C=O) groups excluding carboxylic acids is 1. The van der Waals surface area contributed by atoms with Crippen LogP contribution in [0.15, 0.2) is 29.6 Å². The smallest absolute Gasteiger partial charge is 0.315 e. The van der Waals surface area contributed by atoms with Crippen molar-refractivity contribution in [3.05, 3.63) is 45.9 Å². The van der Waals surface area contributed by atoms with Crippen molar-refractivity contribution in [2.75, 3.05) is 13.7 Å². The molecule has 0 aliphatic rings. The van der Waals surface area contributed by atoms with E-state index in [1.54, 1.807) is 19.2 Å². The van der Waals surface area contributed by atoms with Crippen molar-refractivity contribution < 1.29 is 14.6 Å². The highest BCUT2D eigenvalue weighted by atomic mass is 32.1. The Labute approximate surface area is 133 Å². The number of hydrogen-bond donors (Lipinski definition) is 3. The van der Waals surface area contributed by atoms with E-state index in [1.807, 2.05) is 24.4 Å². The van der Waals surface area contributed by atoms with Crippen LogP contribution in [0.2, 0.25) is 0 Å². The van der Waals surface area contributed by atoms with Crippen LogP contribution in [0.4, 0.5) is 4.79 Å². The topological polar surface area (TPSA) is 83.5 Å². The number of methoxy groups -OCH3 is 1. The third-order valence-corrected chi connectivity index (χ3v) is 3.99. The normalized spacial score (nSPS) is 11.8. The first kappa shape index (κ1) is 16.3. The number of urea groups is 1. The van der Waals surface area contributed by atoms with Gasteiger partial charge in [0.1, 0.15) is 10.8 Å². The van der Waals surface area contributed by atoms with E-state index < -0.39 is 6.10 Å². The van der Waals surface area contributed by atoms with Gasteiger partial charge in [-0.1, -0.05) is 18.2 Å². The van der Waals surface area contributed by atoms with E-state index in [4.69, 9.17) is 4.74 Å². The second-order valence-electron chi connectivity index (χ2n) is 4.70. The van der Waals surface area contributed by atoms with Crippen molar-refractivity contribution in [1.82, 2.24) is 15.6 Å². The highest BCUT2D eigenvalue weighted by Crippen LogP contribution is 2.23. The number of rotatable bonds is 6. The number of nitrogens with one attached hydrogen (secondary N) is 2. The molecule has 2 amide bonds. The summed E-state index contributed by atoms with van der Waals surface area (Å²) in [6, 6.07) is 6.82. The molecule has 2 aromatic rings. The zero-order valence-corrected chi connectivity index (χ0v) is 13.3. The van der Waals surface area contributed by atoms with Gasteiger partial charge in [0.25, 0.3) is 0 Å². The molecule has 0 aliphatic carbocycles. The van der Waals surface area contributed by atoms with E-state index in [2.05, 4.69) is 15.6 Å². The van der Waals surface area contributed by atoms with E-state index in [0.29, 0.717) is 17.9 Å². The second kappa shape index (κ2) is 7.77. The zero-order valence-electron chi connectivity index (χ0n) is 12.5. The molecule has 1 heterocycles. The Bertz CT molecular complexity index is 630. The van der Waals surface area contributed by atoms with Crippen LogP contribution in [0, 0.1) is 6.92 Å². The lowest BCUT2D eigenvalue weighted by atomic mass is 10.1. The fourth-order valence-corrected chi connectivity index (χ4v) is 2.65. The zero-order chi connectivity index (χ0) is 15.9. The molecule has 0 fully saturated rings. The number of aromatic nitrogens is 1. The number of nitrogens with zero attached hydrogens (tertiary/aromatic N) is 1. The van der Waals surface area contributed by atoms with Crippen LogP contribution in [0.1, 0.15) is 22.4 Å². The number of ether oxygens (including phenoxy) is 1. The molecule has 2 rings (SSSR count). The van der Waals surface area contributed by atoms with Crippen molar-refractivity contribution >= 4 is 17.4 Å². The summed E-state index contributed by atoms with van der Waals surface area (Å²) in [5, 5.41) is 18.2. The highest BCUT2D eigenvalue weighted by molar-refractivity contribution is 7.09. The minimum atomic E-state index is -0.830. The molecule has 22 heavy (non-hydrogen) atoms. The Morgan fingerprint density at radius 1 is 1.41 bits per heavy atom. The Morgan fingerprint density at radius 2 is 2.18 bits per heavy atom. The number of carbonyl (C=O) groups is 1. The minimum Gasteiger partial charge on any atom is -0.496 e. The Hall–Kier alpha value is -2.12. The molecule has 0 saturated carbocycles. The standard InChI is InChI=1S/C15H19N3O3S/c1-10-9-22-14(18-10)8-17-15(20)16-7-12(19)11-5-3-4-6-13(11)21-2/h3-6,9,12,19H,7-8H2,1-2H3,(H2,16,17,20). The summed E-state index contributed by atoms with van der Waals surface area (Å²) in [7, 11) is 1.54. The monoisotopic (exact) mass is 321 g/mol. The molecule has 1 atom stereocenters. The van der Waals surface area contributed by atoms with Crippen LogP contribution >= 0.6 is 11.3 Å². The highest BCUT2D eigenvalue weighted by Gasteiger charge is 2.13. The van der Waals surface area contributed by atoms with E-state index in [0.717, 1.165) is 10.7 Å². The van der Waals surface area contributed by atoms with Gasteiger partial charge in [-0.2, -0.15) is 0 Å². The van der Waals surface area contributed by atoms with Gasteiger partial charge >= 0.3 is 6.03 Å². The SMILES string of the molecule is COc1ccccc1C(O)CNC(=O)NCc1nc(C)cs1. The molecule has 6 nitrogen and oxygen atoms in total. The summed E-state index contributed by atoms with van der Waals surface area (Å²) >= 11 is 1.50. The molecule has 0 radical (unpaired) electrons. The molecule has 0 spiro atoms. The summed E-state index contributed by atoms with van der Waals surface area (Å²) in [6.07, 6.45) is -0.830. The second-order valence-corrected chi connectivity index (χ2v) is 5.65. The number of para-hydroxylation sites is 1. The van der Waals surface area contributed by atoms with Gasteiger partial charge in [-0.25, -0.2) is 9.78 Å². The van der Waals surface area contributed by atoms with Crippen LogP contribution < -0.4 is 15.4 Å². The fourth-order valence-electron chi connectivity index (χ4n) is 1.94. The fraction of sp³-hybridized carbons (Fsp3) is 0.333. The lowest BCUT2D eigenvalue weighted by molar-refractivity contribution is 0.169. The van der Waals surface area contributed by atoms with Crippen LogP contribution in [0.25, 0.3) is 0 Å². The van der Waals surface area contributed by atoms with Gasteiger partial charge in [0.15, 0.2) is 0 Å². The van der Waals surface area contributed by atoms with Crippen LogP contribution in [0.3, 0.4) is 0 Å². The summed E-state index contributed by atoms with van der Waals surface area (Å²) in [4.78, 5) is 16.0. The Balaban J connectivity index is 1.80. The van der Waals surface area contributed by atoms with Crippen LogP contribution in [-0.2, 0) is 6.54 Å². The maximum atomic E-state index is 11.7. The molecule has 7 heteroatoms. The summed E-state index contributed by atoms with van der Waals surface area (Å²) in [6.45, 7) is 2.38. The number of amides is 2.